The fraction of sp³-hybridized carbons (Fsp3) is 0.200. The Balaban J connectivity index is 1.93. The summed E-state index contributed by atoms with van der Waals surface area (Å²) in [5.74, 6) is 0. The third kappa shape index (κ3) is 4.09. The van der Waals surface area contributed by atoms with Gasteiger partial charge in [-0.15, -0.1) is 11.3 Å². The first kappa shape index (κ1) is 14.6. The third-order valence-corrected chi connectivity index (χ3v) is 4.06. The van der Waals surface area contributed by atoms with E-state index in [-0.39, 0.29) is 0 Å². The van der Waals surface area contributed by atoms with Crippen molar-refractivity contribution in [1.29, 1.82) is 5.26 Å². The molecule has 2 rings (SSSR count). The van der Waals surface area contributed by atoms with Crippen molar-refractivity contribution in [2.24, 2.45) is 5.16 Å². The fourth-order valence-corrected chi connectivity index (χ4v) is 2.58. The monoisotopic (exact) mass is 304 g/mol. The number of thiophene rings is 1. The molecule has 102 valence electrons. The molecule has 0 aliphatic heterocycles. The van der Waals surface area contributed by atoms with Crippen molar-refractivity contribution in [3.63, 3.8) is 0 Å². The molecule has 0 unspecified atom stereocenters. The van der Waals surface area contributed by atoms with Gasteiger partial charge in [-0.2, -0.15) is 5.26 Å². The highest BCUT2D eigenvalue weighted by Gasteiger charge is 2.03. The van der Waals surface area contributed by atoms with Crippen LogP contribution in [0.25, 0.3) is 0 Å². The quantitative estimate of drug-likeness (QED) is 0.607. The molecule has 0 aliphatic rings. The van der Waals surface area contributed by atoms with Crippen molar-refractivity contribution in [2.75, 3.05) is 0 Å². The van der Waals surface area contributed by atoms with Crippen LogP contribution in [0.5, 0.6) is 0 Å². The molecule has 0 atom stereocenters. The lowest BCUT2D eigenvalue weighted by Crippen LogP contribution is -1.94. The Morgan fingerprint density at radius 1 is 1.30 bits per heavy atom. The van der Waals surface area contributed by atoms with Gasteiger partial charge in [0.2, 0.25) is 0 Å². The van der Waals surface area contributed by atoms with E-state index >= 15 is 0 Å². The van der Waals surface area contributed by atoms with E-state index in [9.17, 15) is 0 Å². The summed E-state index contributed by atoms with van der Waals surface area (Å²) in [4.78, 5) is 7.39. The highest BCUT2D eigenvalue weighted by atomic mass is 35.5. The van der Waals surface area contributed by atoms with Gasteiger partial charge in [-0.25, -0.2) is 0 Å². The highest BCUT2D eigenvalue weighted by Crippen LogP contribution is 2.18. The van der Waals surface area contributed by atoms with Crippen molar-refractivity contribution in [3.8, 4) is 6.07 Å². The number of oxime groups is 1. The molecular formula is C15H13ClN2OS. The molecule has 0 aliphatic carbocycles. The number of hydrogen-bond acceptors (Lipinski definition) is 4. The smallest absolute Gasteiger partial charge is 0.142 e. The van der Waals surface area contributed by atoms with Crippen LogP contribution in [0.4, 0.5) is 0 Å². The minimum Gasteiger partial charge on any atom is -0.391 e. The van der Waals surface area contributed by atoms with Crippen molar-refractivity contribution < 1.29 is 4.84 Å². The summed E-state index contributed by atoms with van der Waals surface area (Å²) >= 11 is 7.38. The number of halogens is 1. The maximum Gasteiger partial charge on any atom is 0.142 e. The van der Waals surface area contributed by atoms with Gasteiger partial charge in [0, 0.05) is 9.90 Å². The molecule has 1 aromatic carbocycles. The molecule has 1 heterocycles. The minimum absolute atomic E-state index is 0.408. The molecule has 0 saturated heterocycles. The van der Waals surface area contributed by atoms with Gasteiger partial charge in [0.05, 0.1) is 23.1 Å². The van der Waals surface area contributed by atoms with E-state index in [2.05, 4.69) is 11.2 Å². The molecule has 2 aromatic rings. The van der Waals surface area contributed by atoms with Crippen LogP contribution in [-0.4, -0.2) is 5.71 Å². The van der Waals surface area contributed by atoms with Gasteiger partial charge in [-0.1, -0.05) is 28.9 Å². The van der Waals surface area contributed by atoms with Crippen LogP contribution in [-0.2, 0) is 17.9 Å². The largest absolute Gasteiger partial charge is 0.391 e. The van der Waals surface area contributed by atoms with Gasteiger partial charge < -0.3 is 4.84 Å². The maximum atomic E-state index is 8.65. The summed E-state index contributed by atoms with van der Waals surface area (Å²) < 4.78 is 0. The predicted octanol–water partition coefficient (Wildman–Crippen LogP) is 4.41. The van der Waals surface area contributed by atoms with Crippen molar-refractivity contribution in [1.82, 2.24) is 0 Å². The molecule has 5 heteroatoms. The fourth-order valence-electron chi connectivity index (χ4n) is 1.57. The van der Waals surface area contributed by atoms with E-state index in [0.29, 0.717) is 18.1 Å². The summed E-state index contributed by atoms with van der Waals surface area (Å²) in [5.41, 5.74) is 1.83. The predicted molar refractivity (Wildman–Crippen MR) is 82.1 cm³/mol. The molecule has 0 saturated carbocycles. The van der Waals surface area contributed by atoms with E-state index in [1.165, 1.54) is 0 Å². The highest BCUT2D eigenvalue weighted by molar-refractivity contribution is 7.14. The van der Waals surface area contributed by atoms with Crippen LogP contribution in [0, 0.1) is 11.3 Å². The number of benzene rings is 1. The zero-order valence-electron chi connectivity index (χ0n) is 11.0. The van der Waals surface area contributed by atoms with E-state index in [1.54, 1.807) is 11.3 Å². The lowest BCUT2D eigenvalue weighted by Gasteiger charge is -2.01. The Bertz CT molecular complexity index is 641. The van der Waals surface area contributed by atoms with E-state index in [1.807, 2.05) is 43.3 Å². The van der Waals surface area contributed by atoms with Gasteiger partial charge in [0.15, 0.2) is 0 Å². The molecule has 3 nitrogen and oxygen atoms in total. The van der Waals surface area contributed by atoms with E-state index in [4.69, 9.17) is 21.7 Å². The van der Waals surface area contributed by atoms with Gasteiger partial charge >= 0.3 is 0 Å². The molecular weight excluding hydrogens is 292 g/mol. The number of nitriles is 1. The molecule has 0 fully saturated rings. The molecule has 0 N–H and O–H groups in total. The van der Waals surface area contributed by atoms with Gasteiger partial charge in [-0.05, 0) is 36.8 Å². The SMILES string of the molecule is C/C(=N\OCc1ccc(Cl)cc1)c1ccc(CC#N)s1. The minimum atomic E-state index is 0.408. The summed E-state index contributed by atoms with van der Waals surface area (Å²) in [6, 6.07) is 13.5. The first-order chi connectivity index (χ1) is 9.69. The topological polar surface area (TPSA) is 45.4 Å². The lowest BCUT2D eigenvalue weighted by molar-refractivity contribution is 0.130. The lowest BCUT2D eigenvalue weighted by atomic mass is 10.2. The van der Waals surface area contributed by atoms with Gasteiger partial charge in [0.25, 0.3) is 0 Å². The molecule has 0 amide bonds. The Kier molecular flexibility index (Phi) is 5.16. The van der Waals surface area contributed by atoms with Crippen molar-refractivity contribution >= 4 is 28.6 Å². The Morgan fingerprint density at radius 3 is 2.75 bits per heavy atom. The average Bonchev–Trinajstić information content (AvgIpc) is 2.90. The second-order valence-corrected chi connectivity index (χ2v) is 5.78. The summed E-state index contributed by atoms with van der Waals surface area (Å²) in [6.07, 6.45) is 0.434. The molecule has 0 spiro atoms. The summed E-state index contributed by atoms with van der Waals surface area (Å²) in [5, 5.41) is 13.4. The molecule has 0 bridgehead atoms. The van der Waals surface area contributed by atoms with Crippen LogP contribution in [0.3, 0.4) is 0 Å². The maximum absolute atomic E-state index is 8.65. The van der Waals surface area contributed by atoms with Crippen LogP contribution in [0.1, 0.15) is 22.2 Å². The van der Waals surface area contributed by atoms with Crippen LogP contribution >= 0.6 is 22.9 Å². The van der Waals surface area contributed by atoms with Crippen LogP contribution < -0.4 is 0 Å². The Morgan fingerprint density at radius 2 is 2.05 bits per heavy atom. The van der Waals surface area contributed by atoms with Crippen molar-refractivity contribution in [3.05, 3.63) is 56.7 Å². The second kappa shape index (κ2) is 7.09. The first-order valence-corrected chi connectivity index (χ1v) is 7.25. The number of rotatable bonds is 5. The zero-order chi connectivity index (χ0) is 14.4. The summed E-state index contributed by atoms with van der Waals surface area (Å²) in [7, 11) is 0. The van der Waals surface area contributed by atoms with E-state index in [0.717, 1.165) is 21.0 Å². The summed E-state index contributed by atoms with van der Waals surface area (Å²) in [6.45, 7) is 2.30. The Hall–Kier alpha value is -1.83. The number of nitrogens with zero attached hydrogens (tertiary/aromatic N) is 2. The molecule has 20 heavy (non-hydrogen) atoms. The molecule has 0 radical (unpaired) electrons. The average molecular weight is 305 g/mol. The van der Waals surface area contributed by atoms with Gasteiger partial charge in [0.1, 0.15) is 6.61 Å². The third-order valence-electron chi connectivity index (χ3n) is 2.62. The first-order valence-electron chi connectivity index (χ1n) is 6.06. The zero-order valence-corrected chi connectivity index (χ0v) is 12.5. The van der Waals surface area contributed by atoms with Crippen LogP contribution in [0.15, 0.2) is 41.6 Å². The second-order valence-electron chi connectivity index (χ2n) is 4.18. The van der Waals surface area contributed by atoms with Gasteiger partial charge in [-0.3, -0.25) is 0 Å². The number of hydrogen-bond donors (Lipinski definition) is 0. The molecule has 1 aromatic heterocycles. The normalized spacial score (nSPS) is 11.2. The van der Waals surface area contributed by atoms with Crippen LogP contribution in [0.2, 0.25) is 5.02 Å². The Labute approximate surface area is 127 Å². The van der Waals surface area contributed by atoms with Crippen molar-refractivity contribution in [2.45, 2.75) is 20.0 Å². The van der Waals surface area contributed by atoms with E-state index < -0.39 is 0 Å². The standard InChI is InChI=1S/C15H13ClN2OS/c1-11(15-7-6-14(20-15)8-9-17)18-19-10-12-2-4-13(16)5-3-12/h2-7H,8,10H2,1H3/b18-11+.